The van der Waals surface area contributed by atoms with E-state index < -0.39 is 5.60 Å². The Kier molecular flexibility index (Phi) is 6.73. The molecule has 2 atom stereocenters. The molecule has 4 rings (SSSR count). The third-order valence-corrected chi connectivity index (χ3v) is 7.20. The third kappa shape index (κ3) is 4.49. The minimum Gasteiger partial charge on any atom is -0.377 e. The molecule has 5 nitrogen and oxygen atoms in total. The molecule has 2 aliphatic rings. The van der Waals surface area contributed by atoms with Gasteiger partial charge in [0.15, 0.2) is 0 Å². The van der Waals surface area contributed by atoms with Crippen LogP contribution in [-0.4, -0.2) is 41.8 Å². The van der Waals surface area contributed by atoms with Gasteiger partial charge in [0, 0.05) is 30.1 Å². The fourth-order valence-corrected chi connectivity index (χ4v) is 5.13. The number of amides is 1. The van der Waals surface area contributed by atoms with Crippen molar-refractivity contribution in [3.05, 3.63) is 63.1 Å². The SMILES string of the molecule is COC(C)(C)[C@H]1CCCN1C(=O)C1=NN(c2ccc(Cl)cc2Cl)C(c2ccc(Cl)cc2)C1. The van der Waals surface area contributed by atoms with Crippen molar-refractivity contribution < 1.29 is 9.53 Å². The number of hydrogen-bond acceptors (Lipinski definition) is 4. The quantitative estimate of drug-likeness (QED) is 0.485. The van der Waals surface area contributed by atoms with Crippen molar-refractivity contribution in [3.63, 3.8) is 0 Å². The summed E-state index contributed by atoms with van der Waals surface area (Å²) in [6, 6.07) is 12.7. The van der Waals surface area contributed by atoms with Gasteiger partial charge in [-0.25, -0.2) is 0 Å². The summed E-state index contributed by atoms with van der Waals surface area (Å²) >= 11 is 18.7. The number of benzene rings is 2. The Balaban J connectivity index is 1.69. The van der Waals surface area contributed by atoms with E-state index in [0.717, 1.165) is 18.4 Å². The summed E-state index contributed by atoms with van der Waals surface area (Å²) in [4.78, 5) is 15.5. The van der Waals surface area contributed by atoms with Crippen molar-refractivity contribution >= 4 is 52.1 Å². The van der Waals surface area contributed by atoms with Crippen molar-refractivity contribution in [2.45, 2.75) is 50.8 Å². The molecule has 0 radical (unpaired) electrons. The van der Waals surface area contributed by atoms with Gasteiger partial charge in [-0.05, 0) is 62.6 Å². The van der Waals surface area contributed by atoms with E-state index in [9.17, 15) is 4.79 Å². The normalized spacial score (nSPS) is 21.2. The molecule has 2 aromatic carbocycles. The summed E-state index contributed by atoms with van der Waals surface area (Å²) in [5.74, 6) is -0.0517. The smallest absolute Gasteiger partial charge is 0.270 e. The van der Waals surface area contributed by atoms with Crippen LogP contribution in [0.3, 0.4) is 0 Å². The summed E-state index contributed by atoms with van der Waals surface area (Å²) in [5, 5.41) is 8.27. The van der Waals surface area contributed by atoms with Crippen LogP contribution >= 0.6 is 34.8 Å². The second-order valence-electron chi connectivity index (χ2n) is 8.72. The van der Waals surface area contributed by atoms with Crippen LogP contribution in [0.15, 0.2) is 47.6 Å². The van der Waals surface area contributed by atoms with E-state index in [2.05, 4.69) is 0 Å². The van der Waals surface area contributed by atoms with Crippen LogP contribution < -0.4 is 5.01 Å². The molecule has 0 aromatic heterocycles. The number of nitrogens with zero attached hydrogens (tertiary/aromatic N) is 3. The fourth-order valence-electron chi connectivity index (χ4n) is 4.51. The topological polar surface area (TPSA) is 45.1 Å². The Hall–Kier alpha value is -1.79. The Labute approximate surface area is 203 Å². The number of hydrazone groups is 1. The summed E-state index contributed by atoms with van der Waals surface area (Å²) < 4.78 is 5.70. The lowest BCUT2D eigenvalue weighted by Gasteiger charge is -2.36. The van der Waals surface area contributed by atoms with Gasteiger partial charge in [-0.1, -0.05) is 46.9 Å². The number of ether oxygens (including phenoxy) is 1. The van der Waals surface area contributed by atoms with Gasteiger partial charge in [-0.2, -0.15) is 5.10 Å². The largest absolute Gasteiger partial charge is 0.377 e. The molecule has 0 spiro atoms. The van der Waals surface area contributed by atoms with E-state index in [1.807, 2.05) is 54.1 Å². The van der Waals surface area contributed by atoms with Crippen LogP contribution in [0, 0.1) is 0 Å². The van der Waals surface area contributed by atoms with Crippen LogP contribution in [0.5, 0.6) is 0 Å². The van der Waals surface area contributed by atoms with Crippen LogP contribution in [0.4, 0.5) is 5.69 Å². The molecule has 8 heteroatoms. The summed E-state index contributed by atoms with van der Waals surface area (Å²) in [7, 11) is 1.69. The summed E-state index contributed by atoms with van der Waals surface area (Å²) in [6.45, 7) is 4.74. The van der Waals surface area contributed by atoms with E-state index in [1.54, 1.807) is 19.2 Å². The zero-order valence-electron chi connectivity index (χ0n) is 18.3. The highest BCUT2D eigenvalue weighted by Crippen LogP contribution is 2.40. The average molecular weight is 495 g/mol. The fraction of sp³-hybridized carbons (Fsp3) is 0.417. The lowest BCUT2D eigenvalue weighted by atomic mass is 9.95. The van der Waals surface area contributed by atoms with Crippen molar-refractivity contribution in [2.24, 2.45) is 5.10 Å². The molecule has 2 aliphatic heterocycles. The zero-order valence-corrected chi connectivity index (χ0v) is 20.6. The third-order valence-electron chi connectivity index (χ3n) is 6.41. The van der Waals surface area contributed by atoms with E-state index >= 15 is 0 Å². The number of carbonyl (C=O) groups excluding carboxylic acids is 1. The van der Waals surface area contributed by atoms with Gasteiger partial charge in [-0.15, -0.1) is 0 Å². The van der Waals surface area contributed by atoms with Crippen LogP contribution in [0.1, 0.15) is 44.7 Å². The second-order valence-corrected chi connectivity index (χ2v) is 10.0. The minimum absolute atomic E-state index is 0.00449. The van der Waals surface area contributed by atoms with Gasteiger partial charge >= 0.3 is 0 Å². The van der Waals surface area contributed by atoms with E-state index in [1.165, 1.54) is 0 Å². The van der Waals surface area contributed by atoms with Crippen molar-refractivity contribution in [3.8, 4) is 0 Å². The predicted molar refractivity (Wildman–Crippen MR) is 131 cm³/mol. The van der Waals surface area contributed by atoms with Gasteiger partial charge in [0.05, 0.1) is 28.4 Å². The van der Waals surface area contributed by atoms with Gasteiger partial charge in [0.25, 0.3) is 5.91 Å². The first-order valence-electron chi connectivity index (χ1n) is 10.6. The Morgan fingerprint density at radius 3 is 2.44 bits per heavy atom. The molecule has 1 unspecified atom stereocenters. The molecular formula is C24H26Cl3N3O2. The molecule has 2 heterocycles. The van der Waals surface area contributed by atoms with Crippen LogP contribution in [0.2, 0.25) is 15.1 Å². The molecular weight excluding hydrogens is 469 g/mol. The number of hydrogen-bond donors (Lipinski definition) is 0. The molecule has 0 aliphatic carbocycles. The molecule has 0 saturated carbocycles. The number of anilines is 1. The highest BCUT2D eigenvalue weighted by atomic mass is 35.5. The van der Waals surface area contributed by atoms with E-state index in [-0.39, 0.29) is 18.0 Å². The monoisotopic (exact) mass is 493 g/mol. The maximum Gasteiger partial charge on any atom is 0.270 e. The number of methoxy groups -OCH3 is 1. The lowest BCUT2D eigenvalue weighted by molar-refractivity contribution is -0.130. The van der Waals surface area contributed by atoms with Gasteiger partial charge in [-0.3, -0.25) is 9.80 Å². The van der Waals surface area contributed by atoms with Crippen LogP contribution in [0.25, 0.3) is 0 Å². The van der Waals surface area contributed by atoms with Crippen molar-refractivity contribution in [1.82, 2.24) is 4.90 Å². The molecule has 1 amide bonds. The molecule has 1 fully saturated rings. The van der Waals surface area contributed by atoms with Gasteiger partial charge < -0.3 is 9.64 Å². The molecule has 170 valence electrons. The maximum atomic E-state index is 13.6. The number of carbonyl (C=O) groups is 1. The molecule has 0 N–H and O–H groups in total. The molecule has 32 heavy (non-hydrogen) atoms. The summed E-state index contributed by atoms with van der Waals surface area (Å²) in [5.41, 5.74) is 1.78. The van der Waals surface area contributed by atoms with Gasteiger partial charge in [0.2, 0.25) is 0 Å². The minimum atomic E-state index is -0.430. The highest BCUT2D eigenvalue weighted by Gasteiger charge is 2.43. The first-order valence-corrected chi connectivity index (χ1v) is 11.8. The zero-order chi connectivity index (χ0) is 23.0. The molecule has 0 bridgehead atoms. The Bertz CT molecular complexity index is 1040. The Morgan fingerprint density at radius 1 is 1.09 bits per heavy atom. The first kappa shape index (κ1) is 23.4. The first-order chi connectivity index (χ1) is 15.2. The molecule has 2 aromatic rings. The van der Waals surface area contributed by atoms with Crippen molar-refractivity contribution in [1.29, 1.82) is 0 Å². The van der Waals surface area contributed by atoms with Crippen molar-refractivity contribution in [2.75, 3.05) is 18.7 Å². The number of likely N-dealkylation sites (tertiary alicyclic amines) is 1. The predicted octanol–water partition coefficient (Wildman–Crippen LogP) is 6.37. The second kappa shape index (κ2) is 9.22. The number of halogens is 3. The average Bonchev–Trinajstić information content (AvgIpc) is 3.42. The Morgan fingerprint density at radius 2 is 1.78 bits per heavy atom. The van der Waals surface area contributed by atoms with Crippen LogP contribution in [-0.2, 0) is 9.53 Å². The summed E-state index contributed by atoms with van der Waals surface area (Å²) in [6.07, 6.45) is 2.33. The molecule has 1 saturated heterocycles. The van der Waals surface area contributed by atoms with E-state index in [4.69, 9.17) is 44.6 Å². The van der Waals surface area contributed by atoms with E-state index in [0.29, 0.717) is 39.4 Å². The maximum absolute atomic E-state index is 13.6. The standard InChI is InChI=1S/C24H26Cl3N3O2/c1-24(2,32-3)22-5-4-12-29(22)23(31)19-14-21(15-6-8-16(25)9-7-15)30(28-19)20-11-10-17(26)13-18(20)27/h6-11,13,21-22H,4-5,12,14H2,1-3H3/t21?,22-/m1/s1. The van der Waals surface area contributed by atoms with Gasteiger partial charge in [0.1, 0.15) is 5.71 Å². The number of rotatable bonds is 5. The highest BCUT2D eigenvalue weighted by molar-refractivity contribution is 6.40. The lowest BCUT2D eigenvalue weighted by Crippen LogP contribution is -2.51.